The van der Waals surface area contributed by atoms with Crippen LogP contribution in [0.5, 0.6) is 5.75 Å². The number of nitrogens with zero attached hydrogens (tertiary/aromatic N) is 1. The Labute approximate surface area is 206 Å². The van der Waals surface area contributed by atoms with Crippen LogP contribution in [0.4, 0.5) is 18.9 Å². The standard InChI is InChI=1S/C26H24ClF3N2O3/c1-18-6-2-3-9-23(18)25(34)32(21-8-4-7-19(16-21)26(28,29)30)15-5-14-31-24(33)17-35-22-12-10-20(27)11-13-22/h2-4,6-13,16H,5,14-15,17H2,1H3,(H,31,33). The number of aryl methyl sites for hydroxylation is 1. The van der Waals surface area contributed by atoms with Gasteiger partial charge in [-0.3, -0.25) is 9.59 Å². The van der Waals surface area contributed by atoms with E-state index < -0.39 is 17.6 Å². The molecule has 3 aromatic rings. The summed E-state index contributed by atoms with van der Waals surface area (Å²) in [6.07, 6.45) is -4.22. The van der Waals surface area contributed by atoms with Gasteiger partial charge >= 0.3 is 6.18 Å². The molecule has 0 fully saturated rings. The fourth-order valence-electron chi connectivity index (χ4n) is 3.35. The molecule has 0 heterocycles. The molecule has 0 aliphatic heterocycles. The maximum atomic E-state index is 13.3. The summed E-state index contributed by atoms with van der Waals surface area (Å²) in [5, 5.41) is 3.24. The number of hydrogen-bond acceptors (Lipinski definition) is 3. The lowest BCUT2D eigenvalue weighted by molar-refractivity contribution is -0.137. The van der Waals surface area contributed by atoms with Crippen LogP contribution in [0.25, 0.3) is 0 Å². The van der Waals surface area contributed by atoms with E-state index in [0.717, 1.165) is 12.1 Å². The van der Waals surface area contributed by atoms with Gasteiger partial charge in [0.25, 0.3) is 11.8 Å². The summed E-state index contributed by atoms with van der Waals surface area (Å²) >= 11 is 5.81. The van der Waals surface area contributed by atoms with Gasteiger partial charge in [0.2, 0.25) is 0 Å². The van der Waals surface area contributed by atoms with E-state index in [2.05, 4.69) is 5.32 Å². The normalized spacial score (nSPS) is 11.1. The maximum absolute atomic E-state index is 13.3. The van der Waals surface area contributed by atoms with Crippen LogP contribution in [0.1, 0.15) is 27.9 Å². The number of anilines is 1. The molecule has 3 rings (SSSR count). The van der Waals surface area contributed by atoms with Crippen LogP contribution in [-0.2, 0) is 11.0 Å². The Balaban J connectivity index is 1.65. The Morgan fingerprint density at radius 1 is 1.00 bits per heavy atom. The number of nitrogens with one attached hydrogen (secondary N) is 1. The van der Waals surface area contributed by atoms with Crippen molar-refractivity contribution in [1.82, 2.24) is 5.32 Å². The molecule has 0 saturated heterocycles. The SMILES string of the molecule is Cc1ccccc1C(=O)N(CCCNC(=O)COc1ccc(Cl)cc1)c1cccc(C(F)(F)F)c1. The Morgan fingerprint density at radius 2 is 1.71 bits per heavy atom. The predicted octanol–water partition coefficient (Wildman–Crippen LogP) is 5.90. The number of carbonyl (C=O) groups excluding carboxylic acids is 2. The zero-order valence-electron chi connectivity index (χ0n) is 18.9. The van der Waals surface area contributed by atoms with E-state index in [4.69, 9.17) is 16.3 Å². The third kappa shape index (κ3) is 7.48. The molecule has 35 heavy (non-hydrogen) atoms. The molecule has 9 heteroatoms. The highest BCUT2D eigenvalue weighted by atomic mass is 35.5. The van der Waals surface area contributed by atoms with Gasteiger partial charge in [-0.05, 0) is 67.4 Å². The molecule has 0 saturated carbocycles. The third-order valence-electron chi connectivity index (χ3n) is 5.17. The van der Waals surface area contributed by atoms with Crippen LogP contribution < -0.4 is 15.0 Å². The minimum Gasteiger partial charge on any atom is -0.484 e. The molecule has 0 aliphatic rings. The number of ether oxygens (including phenoxy) is 1. The average Bonchev–Trinajstić information content (AvgIpc) is 2.83. The molecule has 2 amide bonds. The van der Waals surface area contributed by atoms with E-state index in [1.54, 1.807) is 55.5 Å². The van der Waals surface area contributed by atoms with Crippen molar-refractivity contribution in [1.29, 1.82) is 0 Å². The molecule has 3 aromatic carbocycles. The molecule has 0 unspecified atom stereocenters. The summed E-state index contributed by atoms with van der Waals surface area (Å²) in [4.78, 5) is 26.7. The van der Waals surface area contributed by atoms with Gasteiger partial charge < -0.3 is 15.0 Å². The molecule has 1 N–H and O–H groups in total. The van der Waals surface area contributed by atoms with Crippen molar-refractivity contribution in [3.05, 3.63) is 94.5 Å². The molecule has 0 aromatic heterocycles. The second kappa shape index (κ2) is 11.8. The molecule has 184 valence electrons. The maximum Gasteiger partial charge on any atom is 0.416 e. The highest BCUT2D eigenvalue weighted by Gasteiger charge is 2.31. The first-order valence-electron chi connectivity index (χ1n) is 10.8. The lowest BCUT2D eigenvalue weighted by Crippen LogP contribution is -2.36. The minimum atomic E-state index is -4.54. The minimum absolute atomic E-state index is 0.104. The van der Waals surface area contributed by atoms with Crippen LogP contribution in [-0.4, -0.2) is 31.5 Å². The molecule has 0 spiro atoms. The number of halogens is 4. The number of benzene rings is 3. The van der Waals surface area contributed by atoms with Crippen molar-refractivity contribution in [2.75, 3.05) is 24.6 Å². The third-order valence-corrected chi connectivity index (χ3v) is 5.42. The van der Waals surface area contributed by atoms with Crippen LogP contribution in [0.3, 0.4) is 0 Å². The molecule has 0 radical (unpaired) electrons. The summed E-state index contributed by atoms with van der Waals surface area (Å²) in [5.41, 5.74) is 0.392. The van der Waals surface area contributed by atoms with Gasteiger partial charge in [0.15, 0.2) is 6.61 Å². The monoisotopic (exact) mass is 504 g/mol. The summed E-state index contributed by atoms with van der Waals surface area (Å²) in [7, 11) is 0. The van der Waals surface area contributed by atoms with E-state index in [0.29, 0.717) is 28.3 Å². The lowest BCUT2D eigenvalue weighted by Gasteiger charge is -2.25. The van der Waals surface area contributed by atoms with Crippen molar-refractivity contribution in [2.24, 2.45) is 0 Å². The second-order valence-corrected chi connectivity index (χ2v) is 8.20. The van der Waals surface area contributed by atoms with Crippen molar-refractivity contribution >= 4 is 29.1 Å². The van der Waals surface area contributed by atoms with Crippen molar-refractivity contribution in [3.63, 3.8) is 0 Å². The quantitative estimate of drug-likeness (QED) is 0.369. The Morgan fingerprint density at radius 3 is 2.40 bits per heavy atom. The van der Waals surface area contributed by atoms with E-state index >= 15 is 0 Å². The van der Waals surface area contributed by atoms with Gasteiger partial charge in [-0.2, -0.15) is 13.2 Å². The van der Waals surface area contributed by atoms with Crippen molar-refractivity contribution < 1.29 is 27.5 Å². The summed E-state index contributed by atoms with van der Waals surface area (Å²) in [5.74, 6) is -0.292. The first-order chi connectivity index (χ1) is 16.6. The van der Waals surface area contributed by atoms with Gasteiger partial charge in [-0.25, -0.2) is 0 Å². The molecule has 0 aliphatic carbocycles. The molecule has 0 atom stereocenters. The zero-order chi connectivity index (χ0) is 25.4. The first kappa shape index (κ1) is 26.1. The van der Waals surface area contributed by atoms with E-state index in [9.17, 15) is 22.8 Å². The van der Waals surface area contributed by atoms with Crippen LogP contribution in [0, 0.1) is 6.92 Å². The Hall–Kier alpha value is -3.52. The van der Waals surface area contributed by atoms with Crippen LogP contribution in [0.2, 0.25) is 5.02 Å². The average molecular weight is 505 g/mol. The van der Waals surface area contributed by atoms with Crippen molar-refractivity contribution in [2.45, 2.75) is 19.5 Å². The van der Waals surface area contributed by atoms with Crippen LogP contribution in [0.15, 0.2) is 72.8 Å². The highest BCUT2D eigenvalue weighted by molar-refractivity contribution is 6.30. The first-order valence-corrected chi connectivity index (χ1v) is 11.2. The number of carbonyl (C=O) groups is 2. The highest BCUT2D eigenvalue weighted by Crippen LogP contribution is 2.32. The second-order valence-electron chi connectivity index (χ2n) is 7.77. The molecular formula is C26H24ClF3N2O3. The van der Waals surface area contributed by atoms with Gasteiger partial charge in [-0.1, -0.05) is 35.9 Å². The molecule has 0 bridgehead atoms. The van der Waals surface area contributed by atoms with Gasteiger partial charge in [0.05, 0.1) is 5.56 Å². The summed E-state index contributed by atoms with van der Waals surface area (Å²) in [6.45, 7) is 1.87. The molecular weight excluding hydrogens is 481 g/mol. The summed E-state index contributed by atoms with van der Waals surface area (Å²) < 4.78 is 45.2. The molecule has 5 nitrogen and oxygen atoms in total. The van der Waals surface area contributed by atoms with E-state index in [1.165, 1.54) is 17.0 Å². The van der Waals surface area contributed by atoms with Crippen LogP contribution >= 0.6 is 11.6 Å². The zero-order valence-corrected chi connectivity index (χ0v) is 19.7. The van der Waals surface area contributed by atoms with Crippen molar-refractivity contribution in [3.8, 4) is 5.75 Å². The number of rotatable bonds is 9. The fourth-order valence-corrected chi connectivity index (χ4v) is 3.48. The lowest BCUT2D eigenvalue weighted by atomic mass is 10.1. The predicted molar refractivity (Wildman–Crippen MR) is 129 cm³/mol. The number of hydrogen-bond donors (Lipinski definition) is 1. The Kier molecular flexibility index (Phi) is 8.76. The van der Waals surface area contributed by atoms with Gasteiger partial charge in [-0.15, -0.1) is 0 Å². The number of alkyl halides is 3. The van der Waals surface area contributed by atoms with E-state index in [1.807, 2.05) is 0 Å². The number of amides is 2. The fraction of sp³-hybridized carbons (Fsp3) is 0.231. The van der Waals surface area contributed by atoms with E-state index in [-0.39, 0.29) is 31.3 Å². The van der Waals surface area contributed by atoms with Gasteiger partial charge in [0, 0.05) is 29.4 Å². The van der Waals surface area contributed by atoms with Gasteiger partial charge in [0.1, 0.15) is 5.75 Å². The summed E-state index contributed by atoms with van der Waals surface area (Å²) in [6, 6.07) is 18.1. The largest absolute Gasteiger partial charge is 0.484 e. The topological polar surface area (TPSA) is 58.6 Å². The smallest absolute Gasteiger partial charge is 0.416 e. The Bertz CT molecular complexity index is 1170.